The summed E-state index contributed by atoms with van der Waals surface area (Å²) in [4.78, 5) is 15.4. The number of nitrogens with zero attached hydrogens (tertiary/aromatic N) is 1. The third-order valence-electron chi connectivity index (χ3n) is 3.74. The quantitative estimate of drug-likeness (QED) is 0.784. The van der Waals surface area contributed by atoms with Crippen molar-refractivity contribution in [1.29, 1.82) is 0 Å². The Labute approximate surface area is 122 Å². The van der Waals surface area contributed by atoms with E-state index >= 15 is 0 Å². The SMILES string of the molecule is CC(C(=O)O)c1ccc(-c2ccnc3ccccc23)cc1. The predicted molar refractivity (Wildman–Crippen MR) is 83.2 cm³/mol. The summed E-state index contributed by atoms with van der Waals surface area (Å²) in [6.07, 6.45) is 1.80. The lowest BCUT2D eigenvalue weighted by atomic mass is 9.96. The third-order valence-corrected chi connectivity index (χ3v) is 3.74. The van der Waals surface area contributed by atoms with Crippen LogP contribution in [0.4, 0.5) is 0 Å². The van der Waals surface area contributed by atoms with E-state index in [1.807, 2.05) is 54.6 Å². The van der Waals surface area contributed by atoms with Crippen LogP contribution in [0.5, 0.6) is 0 Å². The van der Waals surface area contributed by atoms with Crippen molar-refractivity contribution >= 4 is 16.9 Å². The van der Waals surface area contributed by atoms with Gasteiger partial charge in [0, 0.05) is 11.6 Å². The molecular weight excluding hydrogens is 262 g/mol. The first-order valence-electron chi connectivity index (χ1n) is 6.83. The highest BCUT2D eigenvalue weighted by Crippen LogP contribution is 2.28. The van der Waals surface area contributed by atoms with Gasteiger partial charge in [-0.25, -0.2) is 0 Å². The average molecular weight is 277 g/mol. The molecule has 1 unspecified atom stereocenters. The van der Waals surface area contributed by atoms with E-state index in [1.54, 1.807) is 13.1 Å². The molecule has 0 aliphatic rings. The summed E-state index contributed by atoms with van der Waals surface area (Å²) in [5, 5.41) is 10.2. The zero-order valence-electron chi connectivity index (χ0n) is 11.7. The highest BCUT2D eigenvalue weighted by molar-refractivity contribution is 5.94. The molecule has 0 radical (unpaired) electrons. The number of rotatable bonds is 3. The number of fused-ring (bicyclic) bond motifs is 1. The average Bonchev–Trinajstić information content (AvgIpc) is 2.53. The molecule has 3 rings (SSSR count). The Morgan fingerprint density at radius 2 is 1.76 bits per heavy atom. The molecule has 0 spiro atoms. The van der Waals surface area contributed by atoms with Crippen LogP contribution in [0.2, 0.25) is 0 Å². The lowest BCUT2D eigenvalue weighted by molar-refractivity contribution is -0.138. The van der Waals surface area contributed by atoms with Gasteiger partial charge in [0.2, 0.25) is 0 Å². The van der Waals surface area contributed by atoms with Gasteiger partial charge in [-0.1, -0.05) is 42.5 Å². The smallest absolute Gasteiger partial charge is 0.310 e. The first-order valence-corrected chi connectivity index (χ1v) is 6.83. The topological polar surface area (TPSA) is 50.2 Å². The number of pyridine rings is 1. The maximum Gasteiger partial charge on any atom is 0.310 e. The van der Waals surface area contributed by atoms with Gasteiger partial charge in [0.25, 0.3) is 0 Å². The summed E-state index contributed by atoms with van der Waals surface area (Å²) in [6, 6.07) is 17.7. The Bertz CT molecular complexity index is 788. The molecule has 1 aromatic heterocycles. The van der Waals surface area contributed by atoms with Gasteiger partial charge in [-0.3, -0.25) is 9.78 Å². The van der Waals surface area contributed by atoms with Gasteiger partial charge in [-0.2, -0.15) is 0 Å². The van der Waals surface area contributed by atoms with Crippen molar-refractivity contribution in [3.8, 4) is 11.1 Å². The molecule has 2 aromatic carbocycles. The van der Waals surface area contributed by atoms with Crippen molar-refractivity contribution < 1.29 is 9.90 Å². The summed E-state index contributed by atoms with van der Waals surface area (Å²) in [5.74, 6) is -1.30. The van der Waals surface area contributed by atoms with E-state index in [2.05, 4.69) is 4.98 Å². The van der Waals surface area contributed by atoms with E-state index in [9.17, 15) is 4.79 Å². The molecule has 1 heterocycles. The molecular formula is C18H15NO2. The van der Waals surface area contributed by atoms with Gasteiger partial charge in [0.15, 0.2) is 0 Å². The zero-order valence-corrected chi connectivity index (χ0v) is 11.7. The van der Waals surface area contributed by atoms with Crippen molar-refractivity contribution in [2.24, 2.45) is 0 Å². The lowest BCUT2D eigenvalue weighted by Crippen LogP contribution is -2.06. The van der Waals surface area contributed by atoms with E-state index in [4.69, 9.17) is 5.11 Å². The van der Waals surface area contributed by atoms with Crippen LogP contribution in [0, 0.1) is 0 Å². The van der Waals surface area contributed by atoms with Crippen LogP contribution in [0.25, 0.3) is 22.0 Å². The van der Waals surface area contributed by atoms with Crippen LogP contribution >= 0.6 is 0 Å². The number of carbonyl (C=O) groups is 1. The first kappa shape index (κ1) is 13.3. The van der Waals surface area contributed by atoms with Gasteiger partial charge in [-0.05, 0) is 35.7 Å². The second kappa shape index (κ2) is 5.37. The van der Waals surface area contributed by atoms with Crippen molar-refractivity contribution in [2.45, 2.75) is 12.8 Å². The fraction of sp³-hybridized carbons (Fsp3) is 0.111. The fourth-order valence-electron chi connectivity index (χ4n) is 2.44. The van der Waals surface area contributed by atoms with Crippen molar-refractivity contribution in [3.63, 3.8) is 0 Å². The molecule has 1 atom stereocenters. The zero-order chi connectivity index (χ0) is 14.8. The van der Waals surface area contributed by atoms with Crippen LogP contribution in [0.1, 0.15) is 18.4 Å². The van der Waals surface area contributed by atoms with Crippen LogP contribution in [0.15, 0.2) is 60.8 Å². The minimum absolute atomic E-state index is 0.492. The summed E-state index contributed by atoms with van der Waals surface area (Å²) in [5.41, 5.74) is 3.94. The minimum Gasteiger partial charge on any atom is -0.481 e. The molecule has 0 amide bonds. The molecule has 0 aliphatic heterocycles. The molecule has 21 heavy (non-hydrogen) atoms. The molecule has 0 saturated heterocycles. The number of aromatic nitrogens is 1. The summed E-state index contributed by atoms with van der Waals surface area (Å²) >= 11 is 0. The van der Waals surface area contributed by atoms with Gasteiger partial charge >= 0.3 is 5.97 Å². The van der Waals surface area contributed by atoms with Crippen molar-refractivity contribution in [2.75, 3.05) is 0 Å². The molecule has 0 aliphatic carbocycles. The Kier molecular flexibility index (Phi) is 3.40. The van der Waals surface area contributed by atoms with E-state index in [-0.39, 0.29) is 0 Å². The number of carboxylic acids is 1. The van der Waals surface area contributed by atoms with E-state index in [0.717, 1.165) is 27.6 Å². The maximum absolute atomic E-state index is 11.0. The van der Waals surface area contributed by atoms with Crippen molar-refractivity contribution in [1.82, 2.24) is 4.98 Å². The standard InChI is InChI=1S/C18H15NO2/c1-12(18(20)21)13-6-8-14(9-7-13)15-10-11-19-17-5-3-2-4-16(15)17/h2-12H,1H3,(H,20,21). The molecule has 0 saturated carbocycles. The molecule has 3 aromatic rings. The number of hydrogen-bond donors (Lipinski definition) is 1. The van der Waals surface area contributed by atoms with Gasteiger partial charge in [-0.15, -0.1) is 0 Å². The van der Waals surface area contributed by atoms with Crippen LogP contribution in [-0.2, 0) is 4.79 Å². The normalized spacial score (nSPS) is 12.2. The first-order chi connectivity index (χ1) is 10.2. The number of para-hydroxylation sites is 1. The van der Waals surface area contributed by atoms with E-state index < -0.39 is 11.9 Å². The van der Waals surface area contributed by atoms with Crippen LogP contribution in [-0.4, -0.2) is 16.1 Å². The number of aliphatic carboxylic acids is 1. The number of benzene rings is 2. The lowest BCUT2D eigenvalue weighted by Gasteiger charge is -2.09. The Balaban J connectivity index is 2.06. The molecule has 3 nitrogen and oxygen atoms in total. The number of hydrogen-bond acceptors (Lipinski definition) is 2. The van der Waals surface area contributed by atoms with E-state index in [1.165, 1.54) is 0 Å². The van der Waals surface area contributed by atoms with Gasteiger partial charge in [0.05, 0.1) is 11.4 Å². The molecule has 0 bridgehead atoms. The monoisotopic (exact) mass is 277 g/mol. The maximum atomic E-state index is 11.0. The second-order valence-corrected chi connectivity index (χ2v) is 5.06. The number of carboxylic acid groups (broad SMARTS) is 1. The van der Waals surface area contributed by atoms with Gasteiger partial charge < -0.3 is 5.11 Å². The summed E-state index contributed by atoms with van der Waals surface area (Å²) < 4.78 is 0. The highest BCUT2D eigenvalue weighted by atomic mass is 16.4. The second-order valence-electron chi connectivity index (χ2n) is 5.06. The van der Waals surface area contributed by atoms with E-state index in [0.29, 0.717) is 0 Å². The Hall–Kier alpha value is -2.68. The predicted octanol–water partition coefficient (Wildman–Crippen LogP) is 4.09. The van der Waals surface area contributed by atoms with Crippen molar-refractivity contribution in [3.05, 3.63) is 66.4 Å². The van der Waals surface area contributed by atoms with Crippen LogP contribution < -0.4 is 0 Å². The molecule has 3 heteroatoms. The molecule has 104 valence electrons. The molecule has 1 N–H and O–H groups in total. The van der Waals surface area contributed by atoms with Gasteiger partial charge in [0.1, 0.15) is 0 Å². The highest BCUT2D eigenvalue weighted by Gasteiger charge is 2.13. The summed E-state index contributed by atoms with van der Waals surface area (Å²) in [7, 11) is 0. The Morgan fingerprint density at radius 3 is 2.48 bits per heavy atom. The molecule has 0 fully saturated rings. The third kappa shape index (κ3) is 2.50. The van der Waals surface area contributed by atoms with Crippen LogP contribution in [0.3, 0.4) is 0 Å². The summed E-state index contributed by atoms with van der Waals surface area (Å²) in [6.45, 7) is 1.69. The largest absolute Gasteiger partial charge is 0.481 e. The Morgan fingerprint density at radius 1 is 1.05 bits per heavy atom. The fourth-order valence-corrected chi connectivity index (χ4v) is 2.44. The minimum atomic E-state index is -0.808.